The average Bonchev–Trinajstić information content (AvgIpc) is 2.37. The van der Waals surface area contributed by atoms with Gasteiger partial charge in [0.15, 0.2) is 0 Å². The lowest BCUT2D eigenvalue weighted by molar-refractivity contribution is 0.453. The van der Waals surface area contributed by atoms with Crippen LogP contribution in [0.5, 0.6) is 0 Å². The summed E-state index contributed by atoms with van der Waals surface area (Å²) in [6, 6.07) is 4.35. The van der Waals surface area contributed by atoms with Gasteiger partial charge in [0.1, 0.15) is 0 Å². The van der Waals surface area contributed by atoms with Gasteiger partial charge >= 0.3 is 0 Å². The molecule has 0 radical (unpaired) electrons. The molecule has 0 aliphatic carbocycles. The standard InChI is InChI=1S/C18H30ClN/c1-13(2)12-20-9-8-14(3)6-7-17-10-16(5)18(19)11-15(17)4/h10-11,13-14,20H,6-9,12H2,1-5H3. The summed E-state index contributed by atoms with van der Waals surface area (Å²) in [4.78, 5) is 0. The highest BCUT2D eigenvalue weighted by Crippen LogP contribution is 2.22. The van der Waals surface area contributed by atoms with Crippen LogP contribution < -0.4 is 5.32 Å². The Morgan fingerprint density at radius 2 is 1.75 bits per heavy atom. The molecule has 2 heteroatoms. The second kappa shape index (κ2) is 8.69. The smallest absolute Gasteiger partial charge is 0.0438 e. The average molecular weight is 296 g/mol. The number of rotatable bonds is 8. The van der Waals surface area contributed by atoms with E-state index in [1.165, 1.54) is 29.5 Å². The molecular weight excluding hydrogens is 266 g/mol. The Bertz CT molecular complexity index is 412. The minimum atomic E-state index is 0.741. The van der Waals surface area contributed by atoms with E-state index in [0.717, 1.165) is 36.4 Å². The van der Waals surface area contributed by atoms with Gasteiger partial charge in [-0.05, 0) is 80.8 Å². The van der Waals surface area contributed by atoms with E-state index >= 15 is 0 Å². The first kappa shape index (κ1) is 17.5. The van der Waals surface area contributed by atoms with Crippen LogP contribution in [0.25, 0.3) is 0 Å². The second-order valence-electron chi connectivity index (χ2n) is 6.56. The van der Waals surface area contributed by atoms with Crippen molar-refractivity contribution in [2.45, 2.75) is 53.9 Å². The largest absolute Gasteiger partial charge is 0.316 e. The lowest BCUT2D eigenvalue weighted by Crippen LogP contribution is -2.22. The normalized spacial score (nSPS) is 12.9. The lowest BCUT2D eigenvalue weighted by atomic mass is 9.95. The molecule has 0 saturated carbocycles. The van der Waals surface area contributed by atoms with Crippen molar-refractivity contribution in [2.75, 3.05) is 13.1 Å². The molecule has 0 aliphatic rings. The van der Waals surface area contributed by atoms with Crippen molar-refractivity contribution in [1.82, 2.24) is 5.32 Å². The number of hydrogen-bond acceptors (Lipinski definition) is 1. The van der Waals surface area contributed by atoms with Gasteiger partial charge in [0.2, 0.25) is 0 Å². The van der Waals surface area contributed by atoms with Gasteiger partial charge in [-0.3, -0.25) is 0 Å². The quantitative estimate of drug-likeness (QED) is 0.653. The summed E-state index contributed by atoms with van der Waals surface area (Å²) in [5, 5.41) is 4.41. The molecule has 1 unspecified atom stereocenters. The highest BCUT2D eigenvalue weighted by Gasteiger charge is 2.07. The number of hydrogen-bond donors (Lipinski definition) is 1. The fourth-order valence-corrected chi connectivity index (χ4v) is 2.61. The van der Waals surface area contributed by atoms with Gasteiger partial charge in [-0.15, -0.1) is 0 Å². The van der Waals surface area contributed by atoms with Gasteiger partial charge in [0, 0.05) is 5.02 Å². The van der Waals surface area contributed by atoms with Crippen LogP contribution in [0.1, 0.15) is 50.3 Å². The van der Waals surface area contributed by atoms with Crippen LogP contribution in [-0.4, -0.2) is 13.1 Å². The first-order valence-electron chi connectivity index (χ1n) is 7.86. The number of nitrogens with one attached hydrogen (secondary N) is 1. The molecule has 1 aromatic carbocycles. The summed E-state index contributed by atoms with van der Waals surface area (Å²) in [6.07, 6.45) is 3.68. The van der Waals surface area contributed by atoms with Gasteiger partial charge < -0.3 is 5.32 Å². The fourth-order valence-electron chi connectivity index (χ4n) is 2.40. The highest BCUT2D eigenvalue weighted by atomic mass is 35.5. The maximum atomic E-state index is 6.15. The van der Waals surface area contributed by atoms with E-state index in [1.807, 2.05) is 0 Å². The molecule has 1 atom stereocenters. The van der Waals surface area contributed by atoms with E-state index in [1.54, 1.807) is 0 Å². The third-order valence-corrected chi connectivity index (χ3v) is 4.30. The molecule has 0 spiro atoms. The Labute approximate surface area is 130 Å². The Morgan fingerprint density at radius 3 is 2.40 bits per heavy atom. The number of halogens is 1. The molecule has 0 aromatic heterocycles. The van der Waals surface area contributed by atoms with Gasteiger partial charge in [0.25, 0.3) is 0 Å². The van der Waals surface area contributed by atoms with Crippen molar-refractivity contribution >= 4 is 11.6 Å². The predicted molar refractivity (Wildman–Crippen MR) is 90.7 cm³/mol. The summed E-state index contributed by atoms with van der Waals surface area (Å²) in [5.41, 5.74) is 3.97. The van der Waals surface area contributed by atoms with Crippen LogP contribution in [0.15, 0.2) is 12.1 Å². The molecule has 0 bridgehead atoms. The Morgan fingerprint density at radius 1 is 1.05 bits per heavy atom. The minimum Gasteiger partial charge on any atom is -0.316 e. The third-order valence-electron chi connectivity index (χ3n) is 3.89. The zero-order valence-electron chi connectivity index (χ0n) is 13.7. The third kappa shape index (κ3) is 6.28. The number of benzene rings is 1. The van der Waals surface area contributed by atoms with Crippen molar-refractivity contribution in [1.29, 1.82) is 0 Å². The monoisotopic (exact) mass is 295 g/mol. The SMILES string of the molecule is Cc1cc(CCC(C)CCNCC(C)C)c(C)cc1Cl. The van der Waals surface area contributed by atoms with Crippen LogP contribution >= 0.6 is 11.6 Å². The maximum absolute atomic E-state index is 6.15. The molecule has 20 heavy (non-hydrogen) atoms. The van der Waals surface area contributed by atoms with Crippen LogP contribution in [0.2, 0.25) is 5.02 Å². The van der Waals surface area contributed by atoms with E-state index in [9.17, 15) is 0 Å². The molecule has 0 amide bonds. The number of aryl methyl sites for hydroxylation is 3. The van der Waals surface area contributed by atoms with E-state index < -0.39 is 0 Å². The fraction of sp³-hybridized carbons (Fsp3) is 0.667. The Kier molecular flexibility index (Phi) is 7.61. The van der Waals surface area contributed by atoms with Crippen molar-refractivity contribution in [3.63, 3.8) is 0 Å². The van der Waals surface area contributed by atoms with E-state index in [-0.39, 0.29) is 0 Å². The minimum absolute atomic E-state index is 0.741. The van der Waals surface area contributed by atoms with Crippen molar-refractivity contribution < 1.29 is 0 Å². The van der Waals surface area contributed by atoms with E-state index in [0.29, 0.717) is 0 Å². The maximum Gasteiger partial charge on any atom is 0.0438 e. The zero-order valence-corrected chi connectivity index (χ0v) is 14.5. The summed E-state index contributed by atoms with van der Waals surface area (Å²) in [5.74, 6) is 1.51. The van der Waals surface area contributed by atoms with Crippen molar-refractivity contribution in [2.24, 2.45) is 11.8 Å². The molecule has 0 heterocycles. The second-order valence-corrected chi connectivity index (χ2v) is 6.97. The molecule has 0 saturated heterocycles. The molecule has 114 valence electrons. The Hall–Kier alpha value is -0.530. The predicted octanol–water partition coefficient (Wildman–Crippen LogP) is 5.16. The molecule has 1 nitrogen and oxygen atoms in total. The highest BCUT2D eigenvalue weighted by molar-refractivity contribution is 6.31. The zero-order chi connectivity index (χ0) is 15.1. The molecule has 1 rings (SSSR count). The van der Waals surface area contributed by atoms with E-state index in [2.05, 4.69) is 52.1 Å². The van der Waals surface area contributed by atoms with Gasteiger partial charge in [-0.1, -0.05) is 38.4 Å². The van der Waals surface area contributed by atoms with Crippen LogP contribution in [0.3, 0.4) is 0 Å². The first-order chi connectivity index (χ1) is 9.40. The van der Waals surface area contributed by atoms with E-state index in [4.69, 9.17) is 11.6 Å². The molecule has 1 aromatic rings. The summed E-state index contributed by atoms with van der Waals surface area (Å²) in [6.45, 7) is 13.4. The molecule has 1 N–H and O–H groups in total. The van der Waals surface area contributed by atoms with Crippen LogP contribution in [0, 0.1) is 25.7 Å². The summed E-state index contributed by atoms with van der Waals surface area (Å²) in [7, 11) is 0. The lowest BCUT2D eigenvalue weighted by Gasteiger charge is -2.14. The molecule has 0 fully saturated rings. The van der Waals surface area contributed by atoms with Crippen molar-refractivity contribution in [3.05, 3.63) is 33.8 Å². The Balaban J connectivity index is 2.34. The first-order valence-corrected chi connectivity index (χ1v) is 8.24. The van der Waals surface area contributed by atoms with Gasteiger partial charge in [-0.25, -0.2) is 0 Å². The van der Waals surface area contributed by atoms with Gasteiger partial charge in [-0.2, -0.15) is 0 Å². The topological polar surface area (TPSA) is 12.0 Å². The summed E-state index contributed by atoms with van der Waals surface area (Å²) < 4.78 is 0. The van der Waals surface area contributed by atoms with Crippen LogP contribution in [-0.2, 0) is 6.42 Å². The van der Waals surface area contributed by atoms with Gasteiger partial charge in [0.05, 0.1) is 0 Å². The van der Waals surface area contributed by atoms with Crippen LogP contribution in [0.4, 0.5) is 0 Å². The molecule has 0 aliphatic heterocycles. The summed E-state index contributed by atoms with van der Waals surface area (Å²) >= 11 is 6.15. The van der Waals surface area contributed by atoms with Crippen molar-refractivity contribution in [3.8, 4) is 0 Å². The molecular formula is C18H30ClN.